The first-order valence-corrected chi connectivity index (χ1v) is 5.74. The lowest BCUT2D eigenvalue weighted by Gasteiger charge is -2.09. The summed E-state index contributed by atoms with van der Waals surface area (Å²) in [4.78, 5) is 0. The average molecular weight is 278 g/mol. The molecule has 3 heteroatoms. The molecule has 2 aromatic rings. The molecule has 16 heavy (non-hydrogen) atoms. The minimum absolute atomic E-state index is 0.647. The van der Waals surface area contributed by atoms with Gasteiger partial charge in [0.05, 0.1) is 5.69 Å². The summed E-state index contributed by atoms with van der Waals surface area (Å²) in [6.45, 7) is 2.01. The van der Waals surface area contributed by atoms with E-state index >= 15 is 0 Å². The highest BCUT2D eigenvalue weighted by Crippen LogP contribution is 2.28. The number of benzene rings is 2. The fourth-order valence-corrected chi connectivity index (χ4v) is 1.62. The van der Waals surface area contributed by atoms with Gasteiger partial charge in [-0.05, 0) is 48.9 Å². The fraction of sp³-hybridized carbons (Fsp3) is 0.0769. The molecule has 0 heterocycles. The Kier molecular flexibility index (Phi) is 3.15. The fourth-order valence-electron chi connectivity index (χ4n) is 1.36. The SMILES string of the molecule is Cc1ccc(N)c(Oc2ccc(Br)cc2)c1. The van der Waals surface area contributed by atoms with Crippen LogP contribution in [0.4, 0.5) is 5.69 Å². The Morgan fingerprint density at radius 2 is 1.75 bits per heavy atom. The Morgan fingerprint density at radius 1 is 1.06 bits per heavy atom. The second-order valence-electron chi connectivity index (χ2n) is 3.60. The molecule has 0 bridgehead atoms. The third-order valence-corrected chi connectivity index (χ3v) is 2.74. The number of nitrogens with two attached hydrogens (primary N) is 1. The van der Waals surface area contributed by atoms with Crippen LogP contribution in [0, 0.1) is 6.92 Å². The minimum Gasteiger partial charge on any atom is -0.455 e. The molecule has 0 unspecified atom stereocenters. The molecule has 0 aliphatic rings. The van der Waals surface area contributed by atoms with Gasteiger partial charge >= 0.3 is 0 Å². The topological polar surface area (TPSA) is 35.2 Å². The number of aryl methyl sites for hydroxylation is 1. The van der Waals surface area contributed by atoms with Gasteiger partial charge in [-0.1, -0.05) is 22.0 Å². The summed E-state index contributed by atoms with van der Waals surface area (Å²) in [6.07, 6.45) is 0. The zero-order valence-corrected chi connectivity index (χ0v) is 10.5. The van der Waals surface area contributed by atoms with Crippen LogP contribution >= 0.6 is 15.9 Å². The number of hydrogen-bond acceptors (Lipinski definition) is 2. The Hall–Kier alpha value is -1.48. The maximum absolute atomic E-state index is 5.83. The first-order chi connectivity index (χ1) is 7.65. The number of nitrogen functional groups attached to an aromatic ring is 1. The Labute approximate surface area is 103 Å². The van der Waals surface area contributed by atoms with E-state index in [2.05, 4.69) is 15.9 Å². The first kappa shape index (κ1) is 11.0. The van der Waals surface area contributed by atoms with Gasteiger partial charge < -0.3 is 10.5 Å². The Bertz CT molecular complexity index is 494. The predicted molar refractivity (Wildman–Crippen MR) is 69.8 cm³/mol. The lowest BCUT2D eigenvalue weighted by molar-refractivity contribution is 0.484. The van der Waals surface area contributed by atoms with Crippen molar-refractivity contribution in [2.45, 2.75) is 6.92 Å². The van der Waals surface area contributed by atoms with Gasteiger partial charge in [-0.2, -0.15) is 0 Å². The van der Waals surface area contributed by atoms with Crippen molar-refractivity contribution in [3.05, 3.63) is 52.5 Å². The van der Waals surface area contributed by atoms with E-state index in [0.717, 1.165) is 15.8 Å². The Balaban J connectivity index is 2.26. The molecule has 0 saturated heterocycles. The predicted octanol–water partition coefficient (Wildman–Crippen LogP) is 4.13. The molecule has 0 amide bonds. The van der Waals surface area contributed by atoms with Crippen molar-refractivity contribution in [3.63, 3.8) is 0 Å². The second-order valence-corrected chi connectivity index (χ2v) is 4.51. The average Bonchev–Trinajstić information content (AvgIpc) is 2.27. The van der Waals surface area contributed by atoms with Crippen molar-refractivity contribution < 1.29 is 4.74 Å². The minimum atomic E-state index is 0.647. The van der Waals surface area contributed by atoms with Crippen LogP contribution in [0.15, 0.2) is 46.9 Å². The van der Waals surface area contributed by atoms with Crippen LogP contribution in [0.5, 0.6) is 11.5 Å². The highest BCUT2D eigenvalue weighted by atomic mass is 79.9. The second kappa shape index (κ2) is 4.58. The van der Waals surface area contributed by atoms with Crippen LogP contribution in [0.25, 0.3) is 0 Å². The summed E-state index contributed by atoms with van der Waals surface area (Å²) in [5.41, 5.74) is 7.61. The van der Waals surface area contributed by atoms with Crippen LogP contribution in [0.1, 0.15) is 5.56 Å². The van der Waals surface area contributed by atoms with Gasteiger partial charge in [0, 0.05) is 4.47 Å². The highest BCUT2D eigenvalue weighted by molar-refractivity contribution is 9.10. The molecule has 0 aliphatic heterocycles. The molecule has 82 valence electrons. The molecule has 2 rings (SSSR count). The lowest BCUT2D eigenvalue weighted by Crippen LogP contribution is -1.92. The molecular weight excluding hydrogens is 266 g/mol. The quantitative estimate of drug-likeness (QED) is 0.838. The number of halogens is 1. The molecule has 2 nitrogen and oxygen atoms in total. The normalized spacial score (nSPS) is 10.1. The maximum Gasteiger partial charge on any atom is 0.150 e. The van der Waals surface area contributed by atoms with E-state index in [1.165, 1.54) is 0 Å². The Morgan fingerprint density at radius 3 is 2.44 bits per heavy atom. The van der Waals surface area contributed by atoms with Crippen molar-refractivity contribution >= 4 is 21.6 Å². The third-order valence-electron chi connectivity index (χ3n) is 2.21. The molecular formula is C13H12BrNO. The van der Waals surface area contributed by atoms with Gasteiger partial charge in [-0.15, -0.1) is 0 Å². The summed E-state index contributed by atoms with van der Waals surface area (Å²) >= 11 is 3.38. The van der Waals surface area contributed by atoms with Crippen LogP contribution in [0.2, 0.25) is 0 Å². The summed E-state index contributed by atoms with van der Waals surface area (Å²) in [5.74, 6) is 1.47. The largest absolute Gasteiger partial charge is 0.455 e. The van der Waals surface area contributed by atoms with Gasteiger partial charge in [-0.25, -0.2) is 0 Å². The van der Waals surface area contributed by atoms with E-state index in [4.69, 9.17) is 10.5 Å². The van der Waals surface area contributed by atoms with Crippen LogP contribution in [-0.4, -0.2) is 0 Å². The van der Waals surface area contributed by atoms with Gasteiger partial charge in [0.1, 0.15) is 5.75 Å². The standard InChI is InChI=1S/C13H12BrNO/c1-9-2-7-12(15)13(8-9)16-11-5-3-10(14)4-6-11/h2-8H,15H2,1H3. The van der Waals surface area contributed by atoms with Crippen LogP contribution < -0.4 is 10.5 Å². The molecule has 0 atom stereocenters. The van der Waals surface area contributed by atoms with E-state index in [0.29, 0.717) is 11.4 Å². The molecule has 0 fully saturated rings. The van der Waals surface area contributed by atoms with Crippen molar-refractivity contribution in [2.24, 2.45) is 0 Å². The number of ether oxygens (including phenoxy) is 1. The molecule has 0 aromatic heterocycles. The molecule has 2 aromatic carbocycles. The molecule has 0 radical (unpaired) electrons. The summed E-state index contributed by atoms with van der Waals surface area (Å²) < 4.78 is 6.72. The van der Waals surface area contributed by atoms with Crippen molar-refractivity contribution in [1.29, 1.82) is 0 Å². The number of rotatable bonds is 2. The van der Waals surface area contributed by atoms with Crippen molar-refractivity contribution in [3.8, 4) is 11.5 Å². The van der Waals surface area contributed by atoms with E-state index in [-0.39, 0.29) is 0 Å². The van der Waals surface area contributed by atoms with Crippen LogP contribution in [0.3, 0.4) is 0 Å². The van der Waals surface area contributed by atoms with Gasteiger partial charge in [-0.3, -0.25) is 0 Å². The summed E-state index contributed by atoms with van der Waals surface area (Å²) in [5, 5.41) is 0. The monoisotopic (exact) mass is 277 g/mol. The summed E-state index contributed by atoms with van der Waals surface area (Å²) in [7, 11) is 0. The lowest BCUT2D eigenvalue weighted by atomic mass is 10.2. The zero-order chi connectivity index (χ0) is 11.5. The molecule has 0 saturated carbocycles. The van der Waals surface area contributed by atoms with Gasteiger partial charge in [0.2, 0.25) is 0 Å². The highest BCUT2D eigenvalue weighted by Gasteiger charge is 2.02. The van der Waals surface area contributed by atoms with Crippen molar-refractivity contribution in [1.82, 2.24) is 0 Å². The third kappa shape index (κ3) is 2.55. The van der Waals surface area contributed by atoms with Crippen LogP contribution in [-0.2, 0) is 0 Å². The summed E-state index contributed by atoms with van der Waals surface area (Å²) in [6, 6.07) is 13.4. The molecule has 2 N–H and O–H groups in total. The van der Waals surface area contributed by atoms with E-state index in [1.54, 1.807) is 0 Å². The van der Waals surface area contributed by atoms with E-state index < -0.39 is 0 Å². The smallest absolute Gasteiger partial charge is 0.150 e. The number of anilines is 1. The van der Waals surface area contributed by atoms with Crippen molar-refractivity contribution in [2.75, 3.05) is 5.73 Å². The van der Waals surface area contributed by atoms with E-state index in [1.807, 2.05) is 49.4 Å². The molecule has 0 aliphatic carbocycles. The van der Waals surface area contributed by atoms with Gasteiger partial charge in [0.15, 0.2) is 5.75 Å². The van der Waals surface area contributed by atoms with Gasteiger partial charge in [0.25, 0.3) is 0 Å². The van der Waals surface area contributed by atoms with E-state index in [9.17, 15) is 0 Å². The first-order valence-electron chi connectivity index (χ1n) is 4.95. The zero-order valence-electron chi connectivity index (χ0n) is 8.91. The number of hydrogen-bond donors (Lipinski definition) is 1. The maximum atomic E-state index is 5.83. The molecule has 0 spiro atoms.